The number of halogens is 1. The van der Waals surface area contributed by atoms with Crippen molar-refractivity contribution in [1.82, 2.24) is 9.97 Å². The molecule has 3 N–H and O–H groups in total. The normalized spacial score (nSPS) is 11.7. The van der Waals surface area contributed by atoms with E-state index in [-0.39, 0.29) is 0 Å². The molecule has 0 fully saturated rings. The van der Waals surface area contributed by atoms with Gasteiger partial charge in [0.1, 0.15) is 0 Å². The van der Waals surface area contributed by atoms with Crippen LogP contribution in [0.3, 0.4) is 0 Å². The van der Waals surface area contributed by atoms with Crippen LogP contribution in [0.4, 0.5) is 0 Å². The Morgan fingerprint density at radius 1 is 0.923 bits per heavy atom. The van der Waals surface area contributed by atoms with E-state index in [1.165, 1.54) is 11.1 Å². The summed E-state index contributed by atoms with van der Waals surface area (Å²) in [5, 5.41) is 0.735. The highest BCUT2D eigenvalue weighted by atomic mass is 35.5. The van der Waals surface area contributed by atoms with E-state index < -0.39 is 0 Å². The molecule has 0 radical (unpaired) electrons. The quantitative estimate of drug-likeness (QED) is 0.460. The number of nitrogens with two attached hydrogens (primary N) is 1. The third-order valence-electron chi connectivity index (χ3n) is 4.30. The van der Waals surface area contributed by atoms with Gasteiger partial charge in [-0.05, 0) is 48.1 Å². The second-order valence-electron chi connectivity index (χ2n) is 6.31. The Morgan fingerprint density at radius 2 is 1.58 bits per heavy atom. The summed E-state index contributed by atoms with van der Waals surface area (Å²) in [7, 11) is 0. The number of benzene rings is 2. The molecule has 3 rings (SSSR count). The predicted molar refractivity (Wildman–Crippen MR) is 108 cm³/mol. The summed E-state index contributed by atoms with van der Waals surface area (Å²) in [6.45, 7) is 0.592. The first-order valence-electron chi connectivity index (χ1n) is 8.78. The maximum absolute atomic E-state index is 6.05. The summed E-state index contributed by atoms with van der Waals surface area (Å²) >= 11 is 5.88. The molecule has 134 valence electrons. The minimum atomic E-state index is 0.592. The van der Waals surface area contributed by atoms with Crippen LogP contribution in [0.1, 0.15) is 28.8 Å². The number of hydrogen-bond donors (Lipinski definition) is 2. The molecule has 26 heavy (non-hydrogen) atoms. The van der Waals surface area contributed by atoms with Gasteiger partial charge in [-0.3, -0.25) is 4.99 Å². The van der Waals surface area contributed by atoms with E-state index in [0.29, 0.717) is 12.4 Å². The molecule has 0 aliphatic heterocycles. The fourth-order valence-corrected chi connectivity index (χ4v) is 2.83. The number of hydrogen-bond acceptors (Lipinski definition) is 2. The Morgan fingerprint density at radius 3 is 2.23 bits per heavy atom. The monoisotopic (exact) mass is 366 g/mol. The molecule has 3 aromatic rings. The Hall–Kier alpha value is -2.59. The van der Waals surface area contributed by atoms with Crippen molar-refractivity contribution in [3.05, 3.63) is 88.5 Å². The zero-order valence-corrected chi connectivity index (χ0v) is 15.4. The molecule has 4 nitrogen and oxygen atoms in total. The Balaban J connectivity index is 1.44. The molecular weight excluding hydrogens is 344 g/mol. The molecule has 0 amide bonds. The highest BCUT2D eigenvalue weighted by Crippen LogP contribution is 2.11. The molecule has 0 unspecified atom stereocenters. The van der Waals surface area contributed by atoms with Crippen molar-refractivity contribution in [1.29, 1.82) is 0 Å². The zero-order valence-electron chi connectivity index (χ0n) is 14.7. The van der Waals surface area contributed by atoms with Gasteiger partial charge < -0.3 is 10.7 Å². The van der Waals surface area contributed by atoms with Crippen molar-refractivity contribution < 1.29 is 0 Å². The lowest BCUT2D eigenvalue weighted by molar-refractivity contribution is 0.921. The summed E-state index contributed by atoms with van der Waals surface area (Å²) in [6.07, 6.45) is 7.27. The molecule has 0 aliphatic carbocycles. The van der Waals surface area contributed by atoms with Crippen LogP contribution in [0.25, 0.3) is 0 Å². The van der Waals surface area contributed by atoms with Gasteiger partial charge >= 0.3 is 0 Å². The van der Waals surface area contributed by atoms with E-state index in [0.717, 1.165) is 42.0 Å². The lowest BCUT2D eigenvalue weighted by Crippen LogP contribution is -2.13. The highest BCUT2D eigenvalue weighted by Gasteiger charge is 2.00. The van der Waals surface area contributed by atoms with E-state index in [9.17, 15) is 0 Å². The van der Waals surface area contributed by atoms with E-state index in [1.807, 2.05) is 30.5 Å². The van der Waals surface area contributed by atoms with Gasteiger partial charge in [0.2, 0.25) is 0 Å². The van der Waals surface area contributed by atoms with Gasteiger partial charge in [0.15, 0.2) is 0 Å². The van der Waals surface area contributed by atoms with Gasteiger partial charge in [-0.25, -0.2) is 4.98 Å². The number of aliphatic imine (C=N–C) groups is 1. The van der Waals surface area contributed by atoms with Crippen molar-refractivity contribution in [2.75, 3.05) is 0 Å². The van der Waals surface area contributed by atoms with Crippen LogP contribution in [0, 0.1) is 0 Å². The first-order chi connectivity index (χ1) is 12.7. The van der Waals surface area contributed by atoms with E-state index in [1.54, 1.807) is 6.33 Å². The fourth-order valence-electron chi connectivity index (χ4n) is 2.71. The van der Waals surface area contributed by atoms with Crippen LogP contribution < -0.4 is 5.73 Å². The molecule has 1 aromatic heterocycles. The second-order valence-corrected chi connectivity index (χ2v) is 6.75. The largest absolute Gasteiger partial charge is 0.387 e. The van der Waals surface area contributed by atoms with Crippen LogP contribution in [0.5, 0.6) is 0 Å². The Bertz CT molecular complexity index is 821. The highest BCUT2D eigenvalue weighted by molar-refractivity contribution is 6.30. The minimum Gasteiger partial charge on any atom is -0.387 e. The van der Waals surface area contributed by atoms with Gasteiger partial charge in [-0.15, -0.1) is 0 Å². The molecule has 0 saturated heterocycles. The molecule has 1 heterocycles. The van der Waals surface area contributed by atoms with Crippen molar-refractivity contribution >= 4 is 17.4 Å². The van der Waals surface area contributed by atoms with Crippen molar-refractivity contribution in [3.63, 3.8) is 0 Å². The maximum atomic E-state index is 6.05. The number of H-pyrrole nitrogens is 1. The smallest absolute Gasteiger partial charge is 0.0944 e. The first kappa shape index (κ1) is 18.2. The van der Waals surface area contributed by atoms with E-state index in [2.05, 4.69) is 39.2 Å². The number of aryl methyl sites for hydroxylation is 3. The van der Waals surface area contributed by atoms with Crippen molar-refractivity contribution in [2.45, 2.75) is 32.2 Å². The number of aromatic nitrogens is 2. The number of imidazole rings is 1. The molecule has 0 aliphatic rings. The molecule has 0 saturated carbocycles. The average Bonchev–Trinajstić information content (AvgIpc) is 3.19. The summed E-state index contributed by atoms with van der Waals surface area (Å²) < 4.78 is 0. The van der Waals surface area contributed by atoms with Crippen LogP contribution in [-0.4, -0.2) is 15.8 Å². The van der Waals surface area contributed by atoms with Crippen LogP contribution in [0.15, 0.2) is 66.0 Å². The molecule has 2 aromatic carbocycles. The summed E-state index contributed by atoms with van der Waals surface area (Å²) in [6, 6.07) is 16.4. The van der Waals surface area contributed by atoms with Gasteiger partial charge in [0.25, 0.3) is 0 Å². The number of nitrogens with zero attached hydrogens (tertiary/aromatic N) is 2. The molecule has 5 heteroatoms. The predicted octanol–water partition coefficient (Wildman–Crippen LogP) is 4.34. The topological polar surface area (TPSA) is 67.1 Å². The molecule has 0 spiro atoms. The zero-order chi connectivity index (χ0) is 18.2. The Kier molecular flexibility index (Phi) is 6.45. The lowest BCUT2D eigenvalue weighted by Gasteiger charge is -2.05. The average molecular weight is 367 g/mol. The van der Waals surface area contributed by atoms with E-state index >= 15 is 0 Å². The molecule has 0 atom stereocenters. The minimum absolute atomic E-state index is 0.592. The summed E-state index contributed by atoms with van der Waals surface area (Å²) in [5.41, 5.74) is 10.8. The SMILES string of the molecule is NC(CCc1ccc(CCc2c[nH]cn2)cc1)=NCc1ccc(Cl)cc1. The first-order valence-corrected chi connectivity index (χ1v) is 9.15. The molecular formula is C21H23ClN4. The third kappa shape index (κ3) is 5.74. The summed E-state index contributed by atoms with van der Waals surface area (Å²) in [4.78, 5) is 11.7. The fraction of sp³-hybridized carbons (Fsp3) is 0.238. The lowest BCUT2D eigenvalue weighted by atomic mass is 10.0. The standard InChI is InChI=1S/C21H23ClN4/c22-19-9-5-18(6-10-19)13-25-21(23)12-8-17-3-1-16(2-4-17)7-11-20-14-24-15-26-20/h1-6,9-10,14-15H,7-8,11-13H2,(H2,23,25)(H,24,26). The number of aromatic amines is 1. The third-order valence-corrected chi connectivity index (χ3v) is 4.55. The van der Waals surface area contributed by atoms with E-state index in [4.69, 9.17) is 17.3 Å². The van der Waals surface area contributed by atoms with Crippen molar-refractivity contribution in [3.8, 4) is 0 Å². The van der Waals surface area contributed by atoms with Gasteiger partial charge in [0, 0.05) is 17.6 Å². The van der Waals surface area contributed by atoms with Crippen LogP contribution in [0.2, 0.25) is 5.02 Å². The number of nitrogens with one attached hydrogen (secondary N) is 1. The second kappa shape index (κ2) is 9.20. The van der Waals surface area contributed by atoms with Gasteiger partial charge in [0.05, 0.1) is 24.4 Å². The maximum Gasteiger partial charge on any atom is 0.0944 e. The van der Waals surface area contributed by atoms with Crippen LogP contribution >= 0.6 is 11.6 Å². The van der Waals surface area contributed by atoms with Crippen molar-refractivity contribution in [2.24, 2.45) is 10.7 Å². The van der Waals surface area contributed by atoms with Gasteiger partial charge in [-0.2, -0.15) is 0 Å². The number of rotatable bonds is 8. The number of amidine groups is 1. The van der Waals surface area contributed by atoms with Gasteiger partial charge in [-0.1, -0.05) is 48.0 Å². The van der Waals surface area contributed by atoms with Crippen LogP contribution in [-0.2, 0) is 25.8 Å². The summed E-state index contributed by atoms with van der Waals surface area (Å²) in [5.74, 6) is 0.683. The molecule has 0 bridgehead atoms. The Labute approximate surface area is 159 Å².